The van der Waals surface area contributed by atoms with Gasteiger partial charge in [-0.1, -0.05) is 18.8 Å². The maximum absolute atomic E-state index is 12.4. The second kappa shape index (κ2) is 6.24. The van der Waals surface area contributed by atoms with Crippen molar-refractivity contribution in [1.82, 2.24) is 0 Å². The van der Waals surface area contributed by atoms with Crippen molar-refractivity contribution in [2.45, 2.75) is 97.4 Å². The van der Waals surface area contributed by atoms with E-state index in [0.29, 0.717) is 23.0 Å². The maximum atomic E-state index is 12.4. The average Bonchev–Trinajstić information content (AvgIpc) is 3.11. The minimum Gasteiger partial charge on any atom is -0.402 e. The summed E-state index contributed by atoms with van der Waals surface area (Å²) in [5, 5.41) is 0. The highest BCUT2D eigenvalue weighted by atomic mass is 28.4. The Labute approximate surface area is 155 Å². The third-order valence-electron chi connectivity index (χ3n) is 6.89. The summed E-state index contributed by atoms with van der Waals surface area (Å²) in [7, 11) is -1.58. The summed E-state index contributed by atoms with van der Waals surface area (Å²) in [5.74, 6) is 8.52. The molecule has 0 bridgehead atoms. The molecule has 0 aromatic heterocycles. The average molecular weight is 361 g/mol. The third kappa shape index (κ3) is 3.91. The molecule has 3 fully saturated rings. The molecule has 0 aromatic carbocycles. The lowest BCUT2D eigenvalue weighted by Crippen LogP contribution is -2.40. The van der Waals surface area contributed by atoms with Crippen LogP contribution in [0.4, 0.5) is 0 Å². The van der Waals surface area contributed by atoms with Crippen LogP contribution in [-0.4, -0.2) is 19.7 Å². The van der Waals surface area contributed by atoms with E-state index in [2.05, 4.69) is 52.3 Å². The van der Waals surface area contributed by atoms with Crippen LogP contribution in [0.15, 0.2) is 0 Å². The Morgan fingerprint density at radius 2 is 1.88 bits per heavy atom. The zero-order chi connectivity index (χ0) is 18.5. The summed E-state index contributed by atoms with van der Waals surface area (Å²) in [6.45, 7) is 13.3. The van der Waals surface area contributed by atoms with Crippen LogP contribution in [-0.2, 0) is 9.22 Å². The number of carbonyl (C=O) groups excluding carboxylic acids is 1. The third-order valence-corrected chi connectivity index (χ3v) is 8.01. The van der Waals surface area contributed by atoms with Gasteiger partial charge in [0.25, 0.3) is 0 Å². The molecular weight excluding hydrogens is 324 g/mol. The molecular formula is C22H36O2Si. The fourth-order valence-electron chi connectivity index (χ4n) is 5.97. The highest BCUT2D eigenvalue weighted by Gasteiger charge is 2.61. The van der Waals surface area contributed by atoms with Gasteiger partial charge in [-0.15, -0.1) is 0 Å². The van der Waals surface area contributed by atoms with Gasteiger partial charge >= 0.3 is 0 Å². The summed E-state index contributed by atoms with van der Waals surface area (Å²) >= 11 is 0. The molecule has 2 nitrogen and oxygen atoms in total. The molecule has 0 spiro atoms. The van der Waals surface area contributed by atoms with Crippen LogP contribution in [0, 0.1) is 34.5 Å². The predicted molar refractivity (Wildman–Crippen MR) is 106 cm³/mol. The van der Waals surface area contributed by atoms with Crippen LogP contribution in [0.3, 0.4) is 0 Å². The zero-order valence-corrected chi connectivity index (χ0v) is 18.1. The van der Waals surface area contributed by atoms with E-state index in [1.165, 1.54) is 25.7 Å². The standard InChI is InChI=1S/C22H36O2Si/c1-20(2,24-25(4,5)6)12-8-14-22(15-16-22)19-11-10-17-18(23)9-7-13-21(17,19)3/h17,19H,7,9-11,13-16H2,1-6H3/t17-,19-,21-/m0/s1. The lowest BCUT2D eigenvalue weighted by Gasteiger charge is -2.43. The Hall–Kier alpha value is -0.593. The molecule has 0 aromatic rings. The Morgan fingerprint density at radius 1 is 1.20 bits per heavy atom. The highest BCUT2D eigenvalue weighted by Crippen LogP contribution is 2.68. The largest absolute Gasteiger partial charge is 0.402 e. The molecule has 0 radical (unpaired) electrons. The predicted octanol–water partition coefficient (Wildman–Crippen LogP) is 5.58. The Kier molecular flexibility index (Phi) is 4.78. The second-order valence-corrected chi connectivity index (χ2v) is 15.0. The van der Waals surface area contributed by atoms with E-state index >= 15 is 0 Å². The number of ketones is 1. The van der Waals surface area contributed by atoms with E-state index in [1.807, 2.05) is 0 Å². The van der Waals surface area contributed by atoms with Crippen LogP contribution in [0.25, 0.3) is 0 Å². The summed E-state index contributed by atoms with van der Waals surface area (Å²) in [4.78, 5) is 12.4. The molecule has 140 valence electrons. The molecule has 25 heavy (non-hydrogen) atoms. The smallest absolute Gasteiger partial charge is 0.185 e. The number of fused-ring (bicyclic) bond motifs is 1. The minimum absolute atomic E-state index is 0.248. The number of rotatable bonds is 4. The highest BCUT2D eigenvalue weighted by molar-refractivity contribution is 6.69. The van der Waals surface area contributed by atoms with Gasteiger partial charge in [-0.2, -0.15) is 0 Å². The quantitative estimate of drug-likeness (QED) is 0.483. The van der Waals surface area contributed by atoms with Gasteiger partial charge in [0, 0.05) is 18.8 Å². The van der Waals surface area contributed by atoms with Gasteiger partial charge in [0.2, 0.25) is 0 Å². The van der Waals surface area contributed by atoms with Gasteiger partial charge in [0.15, 0.2) is 8.32 Å². The number of hydrogen-bond donors (Lipinski definition) is 0. The fraction of sp³-hybridized carbons (Fsp3) is 0.864. The van der Waals surface area contributed by atoms with Gasteiger partial charge in [-0.3, -0.25) is 4.79 Å². The molecule has 0 aliphatic heterocycles. The van der Waals surface area contributed by atoms with E-state index in [-0.39, 0.29) is 11.0 Å². The summed E-state index contributed by atoms with van der Waals surface area (Å²) < 4.78 is 6.23. The zero-order valence-electron chi connectivity index (χ0n) is 17.1. The van der Waals surface area contributed by atoms with Gasteiger partial charge in [0.1, 0.15) is 11.4 Å². The summed E-state index contributed by atoms with van der Waals surface area (Å²) in [5.41, 5.74) is 0.296. The van der Waals surface area contributed by atoms with Crippen molar-refractivity contribution in [1.29, 1.82) is 0 Å². The number of carbonyl (C=O) groups is 1. The van der Waals surface area contributed by atoms with Crippen molar-refractivity contribution >= 4 is 14.1 Å². The van der Waals surface area contributed by atoms with E-state index in [0.717, 1.165) is 25.7 Å². The SMILES string of the molecule is CC(C)(C#CCC1([C@H]2CC[C@H]3C(=O)CCC[C@]23C)CC1)O[Si](C)(C)C. The summed E-state index contributed by atoms with van der Waals surface area (Å²) in [6.07, 6.45) is 9.13. The van der Waals surface area contributed by atoms with E-state index in [1.54, 1.807) is 0 Å². The Bertz CT molecular complexity index is 600. The van der Waals surface area contributed by atoms with Crippen molar-refractivity contribution < 1.29 is 9.22 Å². The molecule has 3 heteroatoms. The van der Waals surface area contributed by atoms with Crippen LogP contribution in [0.1, 0.15) is 72.1 Å². The van der Waals surface area contributed by atoms with Crippen molar-refractivity contribution in [2.75, 3.05) is 0 Å². The first-order chi connectivity index (χ1) is 11.5. The van der Waals surface area contributed by atoms with Gasteiger partial charge in [-0.05, 0) is 88.8 Å². The molecule has 3 rings (SSSR count). The lowest BCUT2D eigenvalue weighted by atomic mass is 9.60. The topological polar surface area (TPSA) is 26.3 Å². The van der Waals surface area contributed by atoms with Crippen molar-refractivity contribution in [3.8, 4) is 11.8 Å². The number of Topliss-reactive ketones (excluding diaryl/α,β-unsaturated/α-hetero) is 1. The van der Waals surface area contributed by atoms with E-state index < -0.39 is 8.32 Å². The van der Waals surface area contributed by atoms with Crippen molar-refractivity contribution in [2.24, 2.45) is 22.7 Å². The molecule has 0 saturated heterocycles. The molecule has 0 amide bonds. The first-order valence-electron chi connectivity index (χ1n) is 10.2. The second-order valence-electron chi connectivity index (χ2n) is 10.6. The Morgan fingerprint density at radius 3 is 2.48 bits per heavy atom. The van der Waals surface area contributed by atoms with Crippen molar-refractivity contribution in [3.05, 3.63) is 0 Å². The monoisotopic (exact) mass is 360 g/mol. The molecule has 0 unspecified atom stereocenters. The van der Waals surface area contributed by atoms with Crippen LogP contribution in [0.5, 0.6) is 0 Å². The number of hydrogen-bond acceptors (Lipinski definition) is 2. The normalized spacial score (nSPS) is 34.2. The molecule has 3 atom stereocenters. The molecule has 0 heterocycles. The first-order valence-corrected chi connectivity index (χ1v) is 13.6. The fourth-order valence-corrected chi connectivity index (χ4v) is 7.55. The molecule has 3 aliphatic carbocycles. The maximum Gasteiger partial charge on any atom is 0.185 e. The van der Waals surface area contributed by atoms with Crippen LogP contribution >= 0.6 is 0 Å². The summed E-state index contributed by atoms with van der Waals surface area (Å²) in [6, 6.07) is 0. The Balaban J connectivity index is 1.70. The van der Waals surface area contributed by atoms with Gasteiger partial charge in [0.05, 0.1) is 0 Å². The molecule has 0 N–H and O–H groups in total. The van der Waals surface area contributed by atoms with Crippen LogP contribution < -0.4 is 0 Å². The van der Waals surface area contributed by atoms with Crippen LogP contribution in [0.2, 0.25) is 19.6 Å². The van der Waals surface area contributed by atoms with E-state index in [4.69, 9.17) is 4.43 Å². The minimum atomic E-state index is -1.58. The molecule has 3 aliphatic rings. The van der Waals surface area contributed by atoms with Gasteiger partial charge < -0.3 is 4.43 Å². The molecule has 3 saturated carbocycles. The van der Waals surface area contributed by atoms with E-state index in [9.17, 15) is 4.79 Å². The lowest BCUT2D eigenvalue weighted by molar-refractivity contribution is -0.130. The van der Waals surface area contributed by atoms with Crippen molar-refractivity contribution in [3.63, 3.8) is 0 Å². The first kappa shape index (κ1) is 19.2. The van der Waals surface area contributed by atoms with Gasteiger partial charge in [-0.25, -0.2) is 0 Å².